The fourth-order valence-electron chi connectivity index (χ4n) is 3.21. The molecule has 1 saturated heterocycles. The van der Waals surface area contributed by atoms with E-state index < -0.39 is 27.7 Å². The van der Waals surface area contributed by atoms with E-state index in [1.165, 1.54) is 30.3 Å². The second-order valence-corrected chi connectivity index (χ2v) is 8.93. The zero-order valence-electron chi connectivity index (χ0n) is 14.3. The van der Waals surface area contributed by atoms with Gasteiger partial charge in [0.05, 0.1) is 11.1 Å². The molecule has 0 radical (unpaired) electrons. The molecule has 3 rings (SSSR count). The van der Waals surface area contributed by atoms with Gasteiger partial charge in [-0.1, -0.05) is 29.3 Å². The van der Waals surface area contributed by atoms with Gasteiger partial charge < -0.3 is 0 Å². The van der Waals surface area contributed by atoms with E-state index in [-0.39, 0.29) is 27.0 Å². The molecular weight excluding hydrogens is 417 g/mol. The minimum absolute atomic E-state index is 0.0394. The molecule has 1 atom stereocenters. The molecule has 2 aromatic rings. The molecule has 4 nitrogen and oxygen atoms in total. The molecule has 27 heavy (non-hydrogen) atoms. The molecule has 2 aromatic carbocycles. The van der Waals surface area contributed by atoms with Gasteiger partial charge in [-0.25, -0.2) is 21.9 Å². The molecule has 0 bridgehead atoms. The van der Waals surface area contributed by atoms with E-state index >= 15 is 0 Å². The lowest BCUT2D eigenvalue weighted by Gasteiger charge is -2.28. The summed E-state index contributed by atoms with van der Waals surface area (Å²) in [6.07, 6.45) is 1.87. The van der Waals surface area contributed by atoms with Gasteiger partial charge in [0.25, 0.3) is 0 Å². The Morgan fingerprint density at radius 1 is 1.07 bits per heavy atom. The first-order valence-electron chi connectivity index (χ1n) is 8.41. The summed E-state index contributed by atoms with van der Waals surface area (Å²) in [5, 5.41) is 0.276. The Hall–Kier alpha value is -1.25. The zero-order chi connectivity index (χ0) is 19.6. The summed E-state index contributed by atoms with van der Waals surface area (Å²) in [5.41, 5.74) is 0.248. The third-order valence-corrected chi connectivity index (χ3v) is 6.69. The Balaban J connectivity index is 1.87. The molecule has 0 unspecified atom stereocenters. The Morgan fingerprint density at radius 3 is 2.44 bits per heavy atom. The lowest BCUT2D eigenvalue weighted by Crippen LogP contribution is -2.37. The van der Waals surface area contributed by atoms with Crippen LogP contribution in [0.15, 0.2) is 41.3 Å². The number of hydrogen-bond acceptors (Lipinski definition) is 3. The highest BCUT2D eigenvalue weighted by atomic mass is 35.5. The van der Waals surface area contributed by atoms with Crippen LogP contribution in [-0.4, -0.2) is 33.0 Å². The number of nitrogens with one attached hydrogen (secondary N) is 1. The van der Waals surface area contributed by atoms with Crippen molar-refractivity contribution in [3.63, 3.8) is 0 Å². The van der Waals surface area contributed by atoms with Crippen LogP contribution in [0, 0.1) is 11.6 Å². The first kappa shape index (κ1) is 20.5. The predicted octanol–water partition coefficient (Wildman–Crippen LogP) is 4.39. The highest BCUT2D eigenvalue weighted by Gasteiger charge is 2.28. The average Bonchev–Trinajstić information content (AvgIpc) is 3.13. The van der Waals surface area contributed by atoms with Crippen LogP contribution in [0.25, 0.3) is 0 Å². The lowest BCUT2D eigenvalue weighted by atomic mass is 10.0. The molecule has 1 aliphatic heterocycles. The van der Waals surface area contributed by atoms with E-state index in [1.807, 2.05) is 4.90 Å². The highest BCUT2D eigenvalue weighted by Crippen LogP contribution is 2.29. The Bertz CT molecular complexity index is 935. The number of sulfonamides is 1. The SMILES string of the molecule is O=S(=O)(NC[C@@H](c1ccc(F)cc1F)N1CCCC1)c1cc(Cl)ccc1Cl. The summed E-state index contributed by atoms with van der Waals surface area (Å²) in [5.74, 6) is -1.38. The van der Waals surface area contributed by atoms with Crippen LogP contribution in [0.5, 0.6) is 0 Å². The topological polar surface area (TPSA) is 49.4 Å². The number of nitrogens with zero attached hydrogens (tertiary/aromatic N) is 1. The molecule has 0 aliphatic carbocycles. The molecule has 1 fully saturated rings. The second kappa shape index (κ2) is 8.41. The molecule has 0 amide bonds. The second-order valence-electron chi connectivity index (χ2n) is 6.35. The Morgan fingerprint density at radius 2 is 1.78 bits per heavy atom. The smallest absolute Gasteiger partial charge is 0.242 e. The van der Waals surface area contributed by atoms with Gasteiger partial charge in [-0.15, -0.1) is 0 Å². The lowest BCUT2D eigenvalue weighted by molar-refractivity contribution is 0.241. The van der Waals surface area contributed by atoms with Crippen LogP contribution in [0.4, 0.5) is 8.78 Å². The van der Waals surface area contributed by atoms with Crippen molar-refractivity contribution in [1.82, 2.24) is 9.62 Å². The van der Waals surface area contributed by atoms with E-state index in [4.69, 9.17) is 23.2 Å². The molecule has 0 aromatic heterocycles. The van der Waals surface area contributed by atoms with Crippen LogP contribution in [0.1, 0.15) is 24.4 Å². The summed E-state index contributed by atoms with van der Waals surface area (Å²) in [4.78, 5) is 1.84. The van der Waals surface area contributed by atoms with Gasteiger partial charge in [0, 0.05) is 23.2 Å². The van der Waals surface area contributed by atoms with Crippen molar-refractivity contribution >= 4 is 33.2 Å². The first-order chi connectivity index (χ1) is 12.8. The summed E-state index contributed by atoms with van der Waals surface area (Å²) in [6.45, 7) is 1.34. The molecule has 0 spiro atoms. The fourth-order valence-corrected chi connectivity index (χ4v) is 5.01. The van der Waals surface area contributed by atoms with Crippen molar-refractivity contribution < 1.29 is 17.2 Å². The summed E-state index contributed by atoms with van der Waals surface area (Å²) in [6, 6.07) is 6.93. The average molecular weight is 435 g/mol. The third kappa shape index (κ3) is 4.78. The van der Waals surface area contributed by atoms with Crippen LogP contribution in [0.2, 0.25) is 10.0 Å². The van der Waals surface area contributed by atoms with E-state index in [9.17, 15) is 17.2 Å². The predicted molar refractivity (Wildman–Crippen MR) is 102 cm³/mol. The molecule has 146 valence electrons. The molecule has 0 saturated carbocycles. The quantitative estimate of drug-likeness (QED) is 0.733. The number of hydrogen-bond donors (Lipinski definition) is 1. The molecule has 1 heterocycles. The van der Waals surface area contributed by atoms with Gasteiger partial charge in [0.15, 0.2) is 0 Å². The van der Waals surface area contributed by atoms with Crippen LogP contribution in [-0.2, 0) is 10.0 Å². The largest absolute Gasteiger partial charge is 0.295 e. The molecular formula is C18H18Cl2F2N2O2S. The standard InChI is InChI=1S/C18H18Cl2F2N2O2S/c19-12-3-6-15(20)18(9-12)27(25,26)23-11-17(24-7-1-2-8-24)14-5-4-13(21)10-16(14)22/h3-6,9-10,17,23H,1-2,7-8,11H2/t17-/m0/s1. The van der Waals surface area contributed by atoms with Gasteiger partial charge >= 0.3 is 0 Å². The summed E-state index contributed by atoms with van der Waals surface area (Å²) >= 11 is 11.9. The van der Waals surface area contributed by atoms with Crippen molar-refractivity contribution in [2.45, 2.75) is 23.8 Å². The highest BCUT2D eigenvalue weighted by molar-refractivity contribution is 7.89. The summed E-state index contributed by atoms with van der Waals surface area (Å²) in [7, 11) is -3.96. The maximum atomic E-state index is 14.3. The van der Waals surface area contributed by atoms with E-state index in [0.717, 1.165) is 18.9 Å². The molecule has 9 heteroatoms. The van der Waals surface area contributed by atoms with Crippen molar-refractivity contribution in [2.75, 3.05) is 19.6 Å². The summed E-state index contributed by atoms with van der Waals surface area (Å²) < 4.78 is 55.4. The fraction of sp³-hybridized carbons (Fsp3) is 0.333. The van der Waals surface area contributed by atoms with E-state index in [1.54, 1.807) is 0 Å². The molecule has 1 aliphatic rings. The van der Waals surface area contributed by atoms with Crippen molar-refractivity contribution in [3.05, 3.63) is 63.6 Å². The van der Waals surface area contributed by atoms with Gasteiger partial charge in [-0.3, -0.25) is 4.90 Å². The monoisotopic (exact) mass is 434 g/mol. The van der Waals surface area contributed by atoms with Crippen LogP contribution >= 0.6 is 23.2 Å². The maximum Gasteiger partial charge on any atom is 0.242 e. The van der Waals surface area contributed by atoms with Crippen LogP contribution in [0.3, 0.4) is 0 Å². The van der Waals surface area contributed by atoms with E-state index in [2.05, 4.69) is 4.72 Å². The van der Waals surface area contributed by atoms with Crippen molar-refractivity contribution in [3.8, 4) is 0 Å². The van der Waals surface area contributed by atoms with Crippen molar-refractivity contribution in [1.29, 1.82) is 0 Å². The van der Waals surface area contributed by atoms with Gasteiger partial charge in [0.1, 0.15) is 16.5 Å². The third-order valence-electron chi connectivity index (χ3n) is 4.55. The number of benzene rings is 2. The van der Waals surface area contributed by atoms with E-state index in [0.29, 0.717) is 13.1 Å². The number of rotatable bonds is 6. The van der Waals surface area contributed by atoms with Crippen molar-refractivity contribution in [2.24, 2.45) is 0 Å². The number of halogens is 4. The normalized spacial score (nSPS) is 16.6. The van der Waals surface area contributed by atoms with Gasteiger partial charge in [0.2, 0.25) is 10.0 Å². The maximum absolute atomic E-state index is 14.3. The number of likely N-dealkylation sites (tertiary alicyclic amines) is 1. The Kier molecular flexibility index (Phi) is 6.38. The Labute approximate surface area is 167 Å². The molecule has 1 N–H and O–H groups in total. The van der Waals surface area contributed by atoms with Gasteiger partial charge in [-0.2, -0.15) is 0 Å². The van der Waals surface area contributed by atoms with Gasteiger partial charge in [-0.05, 0) is 50.2 Å². The minimum atomic E-state index is -3.96. The zero-order valence-corrected chi connectivity index (χ0v) is 16.6. The minimum Gasteiger partial charge on any atom is -0.295 e. The first-order valence-corrected chi connectivity index (χ1v) is 10.7. The van der Waals surface area contributed by atoms with Crippen LogP contribution < -0.4 is 4.72 Å².